The Morgan fingerprint density at radius 3 is 2.90 bits per heavy atom. The molecule has 1 aliphatic heterocycles. The van der Waals surface area contributed by atoms with E-state index < -0.39 is 0 Å². The first-order chi connectivity index (χ1) is 10.3. The van der Waals surface area contributed by atoms with Crippen molar-refractivity contribution in [3.8, 4) is 5.75 Å². The maximum absolute atomic E-state index is 5.86. The molecule has 3 N–H and O–H groups in total. The summed E-state index contributed by atoms with van der Waals surface area (Å²) in [4.78, 5) is 0. The number of aryl methyl sites for hydroxylation is 1. The Labute approximate surface area is 126 Å². The molecule has 0 amide bonds. The summed E-state index contributed by atoms with van der Waals surface area (Å²) in [6.07, 6.45) is 2.25. The normalized spacial score (nSPS) is 18.1. The largest absolute Gasteiger partial charge is 0.493 e. The van der Waals surface area contributed by atoms with Crippen LogP contribution >= 0.6 is 0 Å². The van der Waals surface area contributed by atoms with Crippen molar-refractivity contribution in [2.75, 3.05) is 6.61 Å². The molecule has 110 valence electrons. The van der Waals surface area contributed by atoms with Gasteiger partial charge in [-0.25, -0.2) is 0 Å². The lowest BCUT2D eigenvalue weighted by atomic mass is 9.88. The van der Waals surface area contributed by atoms with Gasteiger partial charge in [0.05, 0.1) is 12.6 Å². The van der Waals surface area contributed by atoms with Crippen LogP contribution in [-0.4, -0.2) is 6.61 Å². The van der Waals surface area contributed by atoms with Gasteiger partial charge in [-0.1, -0.05) is 55.8 Å². The molecule has 0 radical (unpaired) electrons. The second-order valence-electron chi connectivity index (χ2n) is 5.59. The maximum Gasteiger partial charge on any atom is 0.122 e. The van der Waals surface area contributed by atoms with Gasteiger partial charge in [0.25, 0.3) is 0 Å². The monoisotopic (exact) mass is 282 g/mol. The molecule has 0 aliphatic carbocycles. The number of hydrogen-bond acceptors (Lipinski definition) is 3. The van der Waals surface area contributed by atoms with Crippen LogP contribution in [0, 0.1) is 0 Å². The van der Waals surface area contributed by atoms with Gasteiger partial charge in [0.2, 0.25) is 0 Å². The fourth-order valence-electron chi connectivity index (χ4n) is 3.14. The zero-order valence-electron chi connectivity index (χ0n) is 12.4. The van der Waals surface area contributed by atoms with E-state index in [1.165, 1.54) is 16.7 Å². The van der Waals surface area contributed by atoms with Crippen LogP contribution in [0.5, 0.6) is 5.75 Å². The van der Waals surface area contributed by atoms with Crippen molar-refractivity contribution in [2.45, 2.75) is 31.7 Å². The molecular formula is C18H22N2O. The van der Waals surface area contributed by atoms with Crippen molar-refractivity contribution in [2.24, 2.45) is 5.84 Å². The summed E-state index contributed by atoms with van der Waals surface area (Å²) in [7, 11) is 0. The van der Waals surface area contributed by atoms with E-state index in [9.17, 15) is 0 Å². The van der Waals surface area contributed by atoms with Crippen molar-refractivity contribution in [1.29, 1.82) is 0 Å². The molecule has 0 bridgehead atoms. The van der Waals surface area contributed by atoms with Gasteiger partial charge in [-0.3, -0.25) is 11.3 Å². The molecule has 1 aliphatic rings. The molecule has 3 rings (SSSR count). The van der Waals surface area contributed by atoms with Gasteiger partial charge in [-0.05, 0) is 23.6 Å². The zero-order chi connectivity index (χ0) is 14.7. The second kappa shape index (κ2) is 6.29. The first-order valence-electron chi connectivity index (χ1n) is 7.60. The lowest BCUT2D eigenvalue weighted by Crippen LogP contribution is -2.33. The molecule has 0 spiro atoms. The van der Waals surface area contributed by atoms with E-state index in [0.29, 0.717) is 6.61 Å². The molecule has 21 heavy (non-hydrogen) atoms. The molecule has 1 heterocycles. The number of benzene rings is 2. The number of nitrogens with two attached hydrogens (primary N) is 1. The third-order valence-corrected chi connectivity index (χ3v) is 4.17. The van der Waals surface area contributed by atoms with E-state index in [1.54, 1.807) is 0 Å². The number of nitrogens with one attached hydrogen (secondary N) is 1. The highest BCUT2D eigenvalue weighted by atomic mass is 16.5. The lowest BCUT2D eigenvalue weighted by molar-refractivity contribution is 0.300. The minimum absolute atomic E-state index is 0.0745. The van der Waals surface area contributed by atoms with Crippen molar-refractivity contribution in [1.82, 2.24) is 5.43 Å². The lowest BCUT2D eigenvalue weighted by Gasteiger charge is -2.23. The first-order valence-corrected chi connectivity index (χ1v) is 7.60. The highest BCUT2D eigenvalue weighted by molar-refractivity contribution is 5.42. The van der Waals surface area contributed by atoms with E-state index in [-0.39, 0.29) is 12.0 Å². The maximum atomic E-state index is 5.86. The third kappa shape index (κ3) is 2.80. The number of fused-ring (bicyclic) bond motifs is 1. The molecule has 2 aromatic carbocycles. The van der Waals surface area contributed by atoms with E-state index in [4.69, 9.17) is 10.6 Å². The number of rotatable bonds is 5. The van der Waals surface area contributed by atoms with Gasteiger partial charge in [0.15, 0.2) is 0 Å². The Hall–Kier alpha value is -1.84. The highest BCUT2D eigenvalue weighted by Gasteiger charge is 2.31. The standard InChI is InChI=1S/C18H22N2O/c1-2-6-13-7-5-8-14(11-13)18(20-19)16-12-21-17-10-4-3-9-15(16)17/h3-5,7-11,16,18,20H,2,6,12,19H2,1H3. The average molecular weight is 282 g/mol. The highest BCUT2D eigenvalue weighted by Crippen LogP contribution is 2.40. The number of hydrazine groups is 1. The zero-order valence-corrected chi connectivity index (χ0v) is 12.4. The number of para-hydroxylation sites is 1. The van der Waals surface area contributed by atoms with Crippen LogP contribution in [0.2, 0.25) is 0 Å². The summed E-state index contributed by atoms with van der Waals surface area (Å²) in [5.41, 5.74) is 6.82. The minimum Gasteiger partial charge on any atom is -0.493 e. The summed E-state index contributed by atoms with van der Waals surface area (Å²) >= 11 is 0. The summed E-state index contributed by atoms with van der Waals surface area (Å²) in [6, 6.07) is 17.0. The van der Waals surface area contributed by atoms with Gasteiger partial charge in [0, 0.05) is 11.5 Å². The summed E-state index contributed by atoms with van der Waals surface area (Å²) in [5.74, 6) is 7.09. The van der Waals surface area contributed by atoms with Gasteiger partial charge in [-0.2, -0.15) is 0 Å². The molecule has 0 saturated heterocycles. The number of ether oxygens (including phenoxy) is 1. The fraction of sp³-hybridized carbons (Fsp3) is 0.333. The van der Waals surface area contributed by atoms with Gasteiger partial charge >= 0.3 is 0 Å². The number of hydrogen-bond donors (Lipinski definition) is 2. The second-order valence-corrected chi connectivity index (χ2v) is 5.59. The van der Waals surface area contributed by atoms with Crippen molar-refractivity contribution in [3.63, 3.8) is 0 Å². The van der Waals surface area contributed by atoms with Crippen LogP contribution in [0.4, 0.5) is 0 Å². The summed E-state index contributed by atoms with van der Waals surface area (Å²) in [5, 5.41) is 0. The van der Waals surface area contributed by atoms with E-state index in [1.807, 2.05) is 12.1 Å². The van der Waals surface area contributed by atoms with E-state index in [2.05, 4.69) is 48.7 Å². The summed E-state index contributed by atoms with van der Waals surface area (Å²) in [6.45, 7) is 2.87. The predicted octanol–water partition coefficient (Wildman–Crippen LogP) is 3.32. The summed E-state index contributed by atoms with van der Waals surface area (Å²) < 4.78 is 5.80. The predicted molar refractivity (Wildman–Crippen MR) is 85.2 cm³/mol. The molecule has 0 fully saturated rings. The fourth-order valence-corrected chi connectivity index (χ4v) is 3.14. The Balaban J connectivity index is 1.91. The molecular weight excluding hydrogens is 260 g/mol. The van der Waals surface area contributed by atoms with Crippen molar-refractivity contribution >= 4 is 0 Å². The van der Waals surface area contributed by atoms with Gasteiger partial charge in [-0.15, -0.1) is 0 Å². The smallest absolute Gasteiger partial charge is 0.122 e. The molecule has 2 aromatic rings. The molecule has 0 aromatic heterocycles. The minimum atomic E-state index is 0.0745. The third-order valence-electron chi connectivity index (χ3n) is 4.17. The van der Waals surface area contributed by atoms with Crippen molar-refractivity contribution < 1.29 is 4.74 Å². The van der Waals surface area contributed by atoms with Crippen LogP contribution < -0.4 is 16.0 Å². The van der Waals surface area contributed by atoms with Gasteiger partial charge < -0.3 is 4.74 Å². The van der Waals surface area contributed by atoms with Gasteiger partial charge in [0.1, 0.15) is 5.75 Å². The molecule has 2 unspecified atom stereocenters. The Bertz CT molecular complexity index is 612. The SMILES string of the molecule is CCCc1cccc(C(NN)C2COc3ccccc32)c1. The quantitative estimate of drug-likeness (QED) is 0.653. The first kappa shape index (κ1) is 14.1. The topological polar surface area (TPSA) is 47.3 Å². The molecule has 3 heteroatoms. The van der Waals surface area contributed by atoms with E-state index in [0.717, 1.165) is 18.6 Å². The Morgan fingerprint density at radius 2 is 2.10 bits per heavy atom. The van der Waals surface area contributed by atoms with Crippen LogP contribution in [0.1, 0.15) is 42.0 Å². The van der Waals surface area contributed by atoms with Crippen LogP contribution in [-0.2, 0) is 6.42 Å². The Morgan fingerprint density at radius 1 is 1.24 bits per heavy atom. The molecule has 2 atom stereocenters. The van der Waals surface area contributed by atoms with Crippen LogP contribution in [0.15, 0.2) is 48.5 Å². The molecule has 0 saturated carbocycles. The Kier molecular flexibility index (Phi) is 4.23. The van der Waals surface area contributed by atoms with Crippen molar-refractivity contribution in [3.05, 3.63) is 65.2 Å². The van der Waals surface area contributed by atoms with E-state index >= 15 is 0 Å². The van der Waals surface area contributed by atoms with Crippen LogP contribution in [0.25, 0.3) is 0 Å². The molecule has 3 nitrogen and oxygen atoms in total. The van der Waals surface area contributed by atoms with Crippen LogP contribution in [0.3, 0.4) is 0 Å². The average Bonchev–Trinajstić information content (AvgIpc) is 2.93.